The molecule has 152 valence electrons. The van der Waals surface area contributed by atoms with E-state index in [-0.39, 0.29) is 11.8 Å². The molecule has 0 saturated heterocycles. The van der Waals surface area contributed by atoms with Crippen LogP contribution in [0.25, 0.3) is 5.57 Å². The molecule has 0 aliphatic carbocycles. The summed E-state index contributed by atoms with van der Waals surface area (Å²) in [6.07, 6.45) is 3.10. The van der Waals surface area contributed by atoms with E-state index in [1.165, 1.54) is 11.0 Å². The second kappa shape index (κ2) is 6.93. The van der Waals surface area contributed by atoms with Gasteiger partial charge >= 0.3 is 0 Å². The lowest BCUT2D eigenvalue weighted by Gasteiger charge is -2.38. The predicted molar refractivity (Wildman–Crippen MR) is 122 cm³/mol. The third-order valence-electron chi connectivity index (χ3n) is 5.78. The molecule has 0 spiro atoms. The molecule has 0 saturated carbocycles. The van der Waals surface area contributed by atoms with Crippen molar-refractivity contribution in [1.29, 1.82) is 0 Å². The zero-order valence-electron chi connectivity index (χ0n) is 16.7. The van der Waals surface area contributed by atoms with Crippen molar-refractivity contribution in [2.24, 2.45) is 0 Å². The zero-order valence-corrected chi connectivity index (χ0v) is 17.5. The standard InChI is InChI=1S/C25H18ClN3O2/c1-16-15-23(30)29-21-8-4-3-7-20(21)17(2)25(29,22-9-5-6-14-27-22)24(31)28(16)19-12-10-18(26)11-13-19/h3-15H,2H2,1H3. The maximum atomic E-state index is 14.4. The number of carbonyl (C=O) groups is 2. The number of anilines is 2. The summed E-state index contributed by atoms with van der Waals surface area (Å²) in [4.78, 5) is 35.6. The van der Waals surface area contributed by atoms with Crippen LogP contribution < -0.4 is 9.80 Å². The Morgan fingerprint density at radius 1 is 0.968 bits per heavy atom. The first-order chi connectivity index (χ1) is 15.0. The average Bonchev–Trinajstić information content (AvgIpc) is 3.00. The van der Waals surface area contributed by atoms with Crippen molar-refractivity contribution in [2.45, 2.75) is 12.5 Å². The Morgan fingerprint density at radius 3 is 2.39 bits per heavy atom. The largest absolute Gasteiger partial charge is 0.283 e. The van der Waals surface area contributed by atoms with Crippen LogP contribution in [0.1, 0.15) is 18.2 Å². The number of amides is 2. The number of allylic oxidation sites excluding steroid dienone is 1. The van der Waals surface area contributed by atoms with Crippen LogP contribution in [-0.2, 0) is 15.1 Å². The van der Waals surface area contributed by atoms with E-state index in [2.05, 4.69) is 11.6 Å². The molecule has 0 radical (unpaired) electrons. The van der Waals surface area contributed by atoms with Gasteiger partial charge in [-0.25, -0.2) is 0 Å². The minimum atomic E-state index is -1.50. The molecule has 6 heteroatoms. The quantitative estimate of drug-likeness (QED) is 0.582. The van der Waals surface area contributed by atoms with Crippen LogP contribution in [0.5, 0.6) is 0 Å². The molecule has 5 nitrogen and oxygen atoms in total. The van der Waals surface area contributed by atoms with Gasteiger partial charge in [0.25, 0.3) is 11.8 Å². The first-order valence-corrected chi connectivity index (χ1v) is 10.2. The Balaban J connectivity index is 1.84. The van der Waals surface area contributed by atoms with Gasteiger partial charge in [-0.1, -0.05) is 42.4 Å². The molecular formula is C25H18ClN3O2. The molecule has 5 rings (SSSR count). The van der Waals surface area contributed by atoms with Crippen LogP contribution in [0.3, 0.4) is 0 Å². The number of nitrogens with zero attached hydrogens (tertiary/aromatic N) is 3. The summed E-state index contributed by atoms with van der Waals surface area (Å²) in [5, 5.41) is 0.558. The summed E-state index contributed by atoms with van der Waals surface area (Å²) < 4.78 is 0. The lowest BCUT2D eigenvalue weighted by atomic mass is 9.83. The second-order valence-corrected chi connectivity index (χ2v) is 7.93. The van der Waals surface area contributed by atoms with Gasteiger partial charge in [0.1, 0.15) is 0 Å². The van der Waals surface area contributed by atoms with Crippen molar-refractivity contribution in [3.63, 3.8) is 0 Å². The minimum absolute atomic E-state index is 0.306. The highest BCUT2D eigenvalue weighted by molar-refractivity contribution is 6.30. The third-order valence-corrected chi connectivity index (χ3v) is 6.03. The van der Waals surface area contributed by atoms with E-state index in [1.54, 1.807) is 60.5 Å². The number of hydrogen-bond donors (Lipinski definition) is 0. The number of carbonyl (C=O) groups excluding carboxylic acids is 2. The fourth-order valence-corrected chi connectivity index (χ4v) is 4.57. The lowest BCUT2D eigenvalue weighted by Crippen LogP contribution is -2.56. The SMILES string of the molecule is C=C1c2ccccc2N2C(=O)C=C(C)N(c3ccc(Cl)cc3)C(=O)C12c1ccccn1. The Bertz CT molecular complexity index is 1270. The molecule has 1 unspecified atom stereocenters. The summed E-state index contributed by atoms with van der Waals surface area (Å²) in [5.41, 5.74) is 1.95. The fourth-order valence-electron chi connectivity index (χ4n) is 4.44. The molecule has 0 fully saturated rings. The van der Waals surface area contributed by atoms with E-state index in [9.17, 15) is 9.59 Å². The number of halogens is 1. The van der Waals surface area contributed by atoms with Crippen LogP contribution in [0, 0.1) is 0 Å². The van der Waals surface area contributed by atoms with Crippen LogP contribution in [0.15, 0.2) is 91.3 Å². The molecule has 2 aliphatic heterocycles. The van der Waals surface area contributed by atoms with Crippen molar-refractivity contribution in [2.75, 3.05) is 9.80 Å². The predicted octanol–water partition coefficient (Wildman–Crippen LogP) is 4.94. The molecule has 2 aromatic carbocycles. The number of aromatic nitrogens is 1. The average molecular weight is 428 g/mol. The van der Waals surface area contributed by atoms with Gasteiger partial charge in [0, 0.05) is 34.2 Å². The highest BCUT2D eigenvalue weighted by Gasteiger charge is 2.60. The Kier molecular flexibility index (Phi) is 4.31. The van der Waals surface area contributed by atoms with Crippen LogP contribution in [0.2, 0.25) is 5.02 Å². The van der Waals surface area contributed by atoms with Gasteiger partial charge in [-0.05, 0) is 55.0 Å². The number of fused-ring (bicyclic) bond motifs is 3. The summed E-state index contributed by atoms with van der Waals surface area (Å²) in [6.45, 7) is 6.04. The molecule has 31 heavy (non-hydrogen) atoms. The van der Waals surface area contributed by atoms with E-state index >= 15 is 0 Å². The van der Waals surface area contributed by atoms with Crippen LogP contribution in [-0.4, -0.2) is 16.8 Å². The van der Waals surface area contributed by atoms with E-state index in [0.29, 0.717) is 33.4 Å². The first kappa shape index (κ1) is 19.3. The number of benzene rings is 2. The lowest BCUT2D eigenvalue weighted by molar-refractivity contribution is -0.124. The van der Waals surface area contributed by atoms with Crippen molar-refractivity contribution in [3.8, 4) is 0 Å². The number of rotatable bonds is 2. The summed E-state index contributed by atoms with van der Waals surface area (Å²) in [7, 11) is 0. The van der Waals surface area contributed by atoms with Gasteiger partial charge in [0.2, 0.25) is 0 Å². The maximum Gasteiger partial charge on any atom is 0.268 e. The van der Waals surface area contributed by atoms with Gasteiger partial charge in [-0.2, -0.15) is 0 Å². The van der Waals surface area contributed by atoms with Crippen molar-refractivity contribution in [1.82, 2.24) is 4.98 Å². The summed E-state index contributed by atoms with van der Waals surface area (Å²) >= 11 is 6.07. The summed E-state index contributed by atoms with van der Waals surface area (Å²) in [6, 6.07) is 19.7. The van der Waals surface area contributed by atoms with Gasteiger partial charge in [0.15, 0.2) is 5.54 Å². The Morgan fingerprint density at radius 2 is 1.68 bits per heavy atom. The number of para-hydroxylation sites is 1. The third kappa shape index (κ3) is 2.60. The monoisotopic (exact) mass is 427 g/mol. The molecule has 3 aromatic rings. The molecule has 2 aliphatic rings. The highest BCUT2D eigenvalue weighted by Crippen LogP contribution is 2.54. The molecule has 1 atom stereocenters. The fraction of sp³-hybridized carbons (Fsp3) is 0.0800. The first-order valence-electron chi connectivity index (χ1n) is 9.79. The van der Waals surface area contributed by atoms with E-state index < -0.39 is 5.54 Å². The van der Waals surface area contributed by atoms with Crippen molar-refractivity contribution >= 4 is 40.4 Å². The topological polar surface area (TPSA) is 53.5 Å². The smallest absolute Gasteiger partial charge is 0.268 e. The molecule has 0 bridgehead atoms. The van der Waals surface area contributed by atoms with E-state index in [0.717, 1.165) is 5.56 Å². The molecule has 1 aromatic heterocycles. The number of pyridine rings is 1. The highest BCUT2D eigenvalue weighted by atomic mass is 35.5. The van der Waals surface area contributed by atoms with Crippen LogP contribution in [0.4, 0.5) is 11.4 Å². The van der Waals surface area contributed by atoms with Gasteiger partial charge in [-0.3, -0.25) is 24.4 Å². The van der Waals surface area contributed by atoms with Gasteiger partial charge in [0.05, 0.1) is 11.4 Å². The van der Waals surface area contributed by atoms with Crippen molar-refractivity contribution < 1.29 is 9.59 Å². The maximum absolute atomic E-state index is 14.4. The number of hydrogen-bond acceptors (Lipinski definition) is 3. The summed E-state index contributed by atoms with van der Waals surface area (Å²) in [5.74, 6) is -0.631. The van der Waals surface area contributed by atoms with E-state index in [1.807, 2.05) is 24.3 Å². The zero-order chi connectivity index (χ0) is 21.8. The molecule has 0 N–H and O–H groups in total. The second-order valence-electron chi connectivity index (χ2n) is 7.50. The van der Waals surface area contributed by atoms with E-state index in [4.69, 9.17) is 11.6 Å². The molecule has 3 heterocycles. The molecular weight excluding hydrogens is 410 g/mol. The van der Waals surface area contributed by atoms with Gasteiger partial charge < -0.3 is 0 Å². The molecule has 2 amide bonds. The minimum Gasteiger partial charge on any atom is -0.283 e. The van der Waals surface area contributed by atoms with Gasteiger partial charge in [-0.15, -0.1) is 0 Å². The Labute approximate surface area is 184 Å². The van der Waals surface area contributed by atoms with Crippen molar-refractivity contribution in [3.05, 3.63) is 108 Å². The Hall–Kier alpha value is -3.70. The van der Waals surface area contributed by atoms with Crippen LogP contribution >= 0.6 is 11.6 Å². The normalized spacial score (nSPS) is 20.3.